The molecule has 0 aliphatic carbocycles. The summed E-state index contributed by atoms with van der Waals surface area (Å²) in [5.41, 5.74) is 1.57. The molecule has 0 aromatic heterocycles. The maximum atomic E-state index is 11.7. The van der Waals surface area contributed by atoms with Crippen molar-refractivity contribution in [2.45, 2.75) is 83.8 Å². The number of unbranched alkanes of at least 4 members (excludes halogenated alkanes) is 5. The molecule has 1 aliphatic heterocycles. The summed E-state index contributed by atoms with van der Waals surface area (Å²) >= 11 is 0. The lowest BCUT2D eigenvalue weighted by Gasteiger charge is -2.22. The van der Waals surface area contributed by atoms with Crippen LogP contribution in [0.15, 0.2) is 24.3 Å². The number of esters is 2. The summed E-state index contributed by atoms with van der Waals surface area (Å²) in [6.07, 6.45) is 13.0. The molecule has 0 bridgehead atoms. The Balaban J connectivity index is 1.83. The number of carbonyl (C=O) groups excluding carboxylic acids is 2. The van der Waals surface area contributed by atoms with Crippen molar-refractivity contribution < 1.29 is 33.3 Å². The van der Waals surface area contributed by atoms with Gasteiger partial charge in [-0.3, -0.25) is 4.79 Å². The van der Waals surface area contributed by atoms with Crippen LogP contribution in [0.3, 0.4) is 0 Å². The normalized spacial score (nSPS) is 15.1. The van der Waals surface area contributed by atoms with E-state index in [9.17, 15) is 9.59 Å². The Labute approximate surface area is 221 Å². The van der Waals surface area contributed by atoms with Crippen LogP contribution >= 0.6 is 0 Å². The van der Waals surface area contributed by atoms with Crippen LogP contribution in [0.5, 0.6) is 5.75 Å². The minimum absolute atomic E-state index is 0.0451. The van der Waals surface area contributed by atoms with Gasteiger partial charge in [0.2, 0.25) is 0 Å². The van der Waals surface area contributed by atoms with Crippen LogP contribution in [0, 0.1) is 11.8 Å². The highest BCUT2D eigenvalue weighted by Gasteiger charge is 2.13. The number of hydrogen-bond acceptors (Lipinski definition) is 7. The maximum absolute atomic E-state index is 11.7. The van der Waals surface area contributed by atoms with E-state index in [1.165, 1.54) is 19.6 Å². The van der Waals surface area contributed by atoms with Gasteiger partial charge in [-0.15, -0.1) is 0 Å². The lowest BCUT2D eigenvalue weighted by molar-refractivity contribution is -0.162. The average molecular weight is 515 g/mol. The SMILES string of the molecule is CCOC(=O)CCCCCCOc1cccc(C#CCCCCOC2CCCCO2)c1C=CC(=O)OC. The molecule has 204 valence electrons. The van der Waals surface area contributed by atoms with Crippen molar-refractivity contribution in [2.75, 3.05) is 33.5 Å². The van der Waals surface area contributed by atoms with E-state index in [1.54, 1.807) is 6.08 Å². The zero-order chi connectivity index (χ0) is 26.6. The van der Waals surface area contributed by atoms with Crippen LogP contribution in [0.1, 0.15) is 88.7 Å². The highest BCUT2D eigenvalue weighted by molar-refractivity contribution is 5.88. The van der Waals surface area contributed by atoms with Gasteiger partial charge in [-0.1, -0.05) is 30.7 Å². The first kappa shape index (κ1) is 30.4. The Morgan fingerprint density at radius 1 is 1.08 bits per heavy atom. The van der Waals surface area contributed by atoms with Gasteiger partial charge >= 0.3 is 11.9 Å². The molecule has 0 N–H and O–H groups in total. The molecule has 1 atom stereocenters. The van der Waals surface area contributed by atoms with Crippen molar-refractivity contribution in [3.05, 3.63) is 35.4 Å². The molecular weight excluding hydrogens is 472 g/mol. The second kappa shape index (κ2) is 19.3. The van der Waals surface area contributed by atoms with E-state index >= 15 is 0 Å². The van der Waals surface area contributed by atoms with Crippen LogP contribution < -0.4 is 4.74 Å². The highest BCUT2D eigenvalue weighted by Crippen LogP contribution is 2.24. The van der Waals surface area contributed by atoms with Gasteiger partial charge in [-0.25, -0.2) is 4.79 Å². The molecule has 0 spiro atoms. The minimum atomic E-state index is -0.433. The van der Waals surface area contributed by atoms with Crippen molar-refractivity contribution in [1.29, 1.82) is 0 Å². The molecule has 1 heterocycles. The molecule has 1 fully saturated rings. The van der Waals surface area contributed by atoms with E-state index in [0.29, 0.717) is 32.0 Å². The summed E-state index contributed by atoms with van der Waals surface area (Å²) in [5.74, 6) is 6.58. The molecule has 0 amide bonds. The van der Waals surface area contributed by atoms with Gasteiger partial charge in [0.05, 0.1) is 20.3 Å². The minimum Gasteiger partial charge on any atom is -0.493 e. The molecule has 1 aromatic rings. The summed E-state index contributed by atoms with van der Waals surface area (Å²) in [6, 6.07) is 5.72. The number of methoxy groups -OCH3 is 1. The summed E-state index contributed by atoms with van der Waals surface area (Å²) in [7, 11) is 1.35. The van der Waals surface area contributed by atoms with Gasteiger partial charge in [0.25, 0.3) is 0 Å². The Bertz CT molecular complexity index is 891. The summed E-state index contributed by atoms with van der Waals surface area (Å²) < 4.78 is 27.1. The van der Waals surface area contributed by atoms with Crippen LogP contribution in [-0.2, 0) is 28.5 Å². The molecule has 0 radical (unpaired) electrons. The molecule has 7 nitrogen and oxygen atoms in total. The van der Waals surface area contributed by atoms with Gasteiger partial charge in [-0.2, -0.15) is 0 Å². The maximum Gasteiger partial charge on any atom is 0.330 e. The van der Waals surface area contributed by atoms with Crippen LogP contribution in [-0.4, -0.2) is 51.8 Å². The monoisotopic (exact) mass is 514 g/mol. The van der Waals surface area contributed by atoms with Crippen LogP contribution in [0.25, 0.3) is 6.08 Å². The van der Waals surface area contributed by atoms with Crippen LogP contribution in [0.4, 0.5) is 0 Å². The molecule has 1 unspecified atom stereocenters. The van der Waals surface area contributed by atoms with Crippen molar-refractivity contribution >= 4 is 18.0 Å². The Morgan fingerprint density at radius 3 is 2.70 bits per heavy atom. The van der Waals surface area contributed by atoms with Gasteiger partial charge in [-0.05, 0) is 70.1 Å². The van der Waals surface area contributed by atoms with E-state index in [1.807, 2.05) is 25.1 Å². The van der Waals surface area contributed by atoms with E-state index < -0.39 is 5.97 Å². The third-order valence-corrected chi connectivity index (χ3v) is 5.85. The predicted molar refractivity (Wildman–Crippen MR) is 143 cm³/mol. The van der Waals surface area contributed by atoms with Gasteiger partial charge in [0.1, 0.15) is 5.75 Å². The third-order valence-electron chi connectivity index (χ3n) is 5.85. The van der Waals surface area contributed by atoms with Crippen molar-refractivity contribution in [3.63, 3.8) is 0 Å². The van der Waals surface area contributed by atoms with E-state index in [0.717, 1.165) is 75.5 Å². The second-order valence-electron chi connectivity index (χ2n) is 8.82. The fourth-order valence-electron chi connectivity index (χ4n) is 3.84. The first-order valence-corrected chi connectivity index (χ1v) is 13.5. The summed E-state index contributed by atoms with van der Waals surface area (Å²) in [5, 5.41) is 0. The first-order chi connectivity index (χ1) is 18.1. The fraction of sp³-hybridized carbons (Fsp3) is 0.600. The third kappa shape index (κ3) is 13.3. The quantitative estimate of drug-likeness (QED) is 0.119. The van der Waals surface area contributed by atoms with Gasteiger partial charge in [0.15, 0.2) is 6.29 Å². The molecule has 1 aromatic carbocycles. The lowest BCUT2D eigenvalue weighted by Crippen LogP contribution is -2.22. The van der Waals surface area contributed by atoms with Crippen LogP contribution in [0.2, 0.25) is 0 Å². The largest absolute Gasteiger partial charge is 0.493 e. The molecule has 1 aliphatic rings. The summed E-state index contributed by atoms with van der Waals surface area (Å²) in [6.45, 7) is 4.26. The Hall–Kier alpha value is -2.82. The second-order valence-corrected chi connectivity index (χ2v) is 8.82. The number of hydrogen-bond donors (Lipinski definition) is 0. The molecule has 7 heteroatoms. The average Bonchev–Trinajstić information content (AvgIpc) is 2.91. The first-order valence-electron chi connectivity index (χ1n) is 13.5. The number of carbonyl (C=O) groups is 2. The van der Waals surface area contributed by atoms with E-state index in [4.69, 9.17) is 23.7 Å². The zero-order valence-corrected chi connectivity index (χ0v) is 22.4. The Kier molecular flexibility index (Phi) is 15.9. The molecule has 37 heavy (non-hydrogen) atoms. The van der Waals surface area contributed by atoms with E-state index in [2.05, 4.69) is 11.8 Å². The topological polar surface area (TPSA) is 80.3 Å². The number of rotatable bonds is 16. The van der Waals surface area contributed by atoms with Gasteiger partial charge < -0.3 is 23.7 Å². The molecule has 0 saturated carbocycles. The number of ether oxygens (including phenoxy) is 5. The lowest BCUT2D eigenvalue weighted by atomic mass is 10.1. The molecule has 1 saturated heterocycles. The smallest absolute Gasteiger partial charge is 0.330 e. The van der Waals surface area contributed by atoms with Crippen molar-refractivity contribution in [1.82, 2.24) is 0 Å². The van der Waals surface area contributed by atoms with Crippen molar-refractivity contribution in [2.24, 2.45) is 0 Å². The fourth-order valence-corrected chi connectivity index (χ4v) is 3.84. The standard InChI is InChI=1S/C30H42O7/c1-3-34-29(32)18-9-5-7-11-22-35-27-17-14-16-25(26(27)20-21-28(31)33-2)15-8-4-6-12-23-36-30-19-10-13-24-37-30/h14,16-17,20-21,30H,3-7,9-13,18-19,22-24H2,1-2H3. The molecular formula is C30H42O7. The predicted octanol–water partition coefficient (Wildman–Crippen LogP) is 5.83. The summed E-state index contributed by atoms with van der Waals surface area (Å²) in [4.78, 5) is 23.1. The number of benzene rings is 1. The zero-order valence-electron chi connectivity index (χ0n) is 22.4. The van der Waals surface area contributed by atoms with Gasteiger partial charge in [0, 0.05) is 43.3 Å². The molecule has 2 rings (SSSR count). The Morgan fingerprint density at radius 2 is 1.92 bits per heavy atom. The highest BCUT2D eigenvalue weighted by atomic mass is 16.7. The van der Waals surface area contributed by atoms with E-state index in [-0.39, 0.29) is 12.3 Å². The van der Waals surface area contributed by atoms with Crippen molar-refractivity contribution in [3.8, 4) is 17.6 Å².